The van der Waals surface area contributed by atoms with Crippen molar-refractivity contribution in [3.63, 3.8) is 0 Å². The summed E-state index contributed by atoms with van der Waals surface area (Å²) in [6, 6.07) is 8.92. The highest BCUT2D eigenvalue weighted by Gasteiger charge is 2.36. The Bertz CT molecular complexity index is 488. The molecule has 0 amide bonds. The molecule has 0 heterocycles. The van der Waals surface area contributed by atoms with E-state index in [1.807, 2.05) is 0 Å². The summed E-state index contributed by atoms with van der Waals surface area (Å²) in [6.07, 6.45) is 2.13. The lowest BCUT2D eigenvalue weighted by Crippen LogP contribution is -2.40. The van der Waals surface area contributed by atoms with E-state index in [1.54, 1.807) is 0 Å². The molecule has 2 rings (SSSR count). The Balaban J connectivity index is 2.27. The molecule has 1 aromatic rings. The van der Waals surface area contributed by atoms with Crippen LogP contribution in [0.4, 0.5) is 0 Å². The van der Waals surface area contributed by atoms with Crippen LogP contribution in [-0.2, 0) is 10.8 Å². The molecule has 3 heteroatoms. The van der Waals surface area contributed by atoms with Gasteiger partial charge in [-0.2, -0.15) is 0 Å². The van der Waals surface area contributed by atoms with Crippen molar-refractivity contribution in [2.75, 3.05) is 12.3 Å². The van der Waals surface area contributed by atoms with E-state index in [2.05, 4.69) is 57.3 Å². The van der Waals surface area contributed by atoms with Crippen molar-refractivity contribution in [2.45, 2.75) is 57.7 Å². The maximum atomic E-state index is 12.9. The van der Waals surface area contributed by atoms with Crippen LogP contribution in [0.15, 0.2) is 24.3 Å². The van der Waals surface area contributed by atoms with E-state index in [4.69, 9.17) is 0 Å². The zero-order valence-corrected chi connectivity index (χ0v) is 14.6. The number of nitrogens with one attached hydrogen (secondary N) is 1. The Morgan fingerprint density at radius 3 is 2.57 bits per heavy atom. The van der Waals surface area contributed by atoms with Gasteiger partial charge in [-0.25, -0.2) is 0 Å². The maximum absolute atomic E-state index is 12.9. The van der Waals surface area contributed by atoms with Crippen LogP contribution in [0, 0.1) is 5.92 Å². The molecule has 0 fully saturated rings. The van der Waals surface area contributed by atoms with Gasteiger partial charge in [0, 0.05) is 22.6 Å². The van der Waals surface area contributed by atoms with Crippen LogP contribution in [0.25, 0.3) is 0 Å². The molecule has 1 aromatic carbocycles. The minimum absolute atomic E-state index is 0.240. The molecule has 21 heavy (non-hydrogen) atoms. The molecule has 0 saturated carbocycles. The van der Waals surface area contributed by atoms with Crippen molar-refractivity contribution in [3.05, 3.63) is 35.4 Å². The normalized spacial score (nSPS) is 27.9. The zero-order valence-electron chi connectivity index (χ0n) is 13.8. The van der Waals surface area contributed by atoms with Gasteiger partial charge in [0.05, 0.1) is 5.25 Å². The molecule has 5 unspecified atom stereocenters. The highest BCUT2D eigenvalue weighted by molar-refractivity contribution is 7.85. The standard InChI is InChI=1S/C18H29NOS/c1-5-13(3)12-21(20)17-11-14(4)15-9-7-8-10-16(15)18(17)19-6-2/h7-10,13-14,17-19H,5-6,11-12H2,1-4H3. The minimum atomic E-state index is -0.758. The van der Waals surface area contributed by atoms with Crippen molar-refractivity contribution < 1.29 is 4.21 Å². The van der Waals surface area contributed by atoms with Crippen LogP contribution in [0.3, 0.4) is 0 Å². The first-order valence-electron chi connectivity index (χ1n) is 8.27. The van der Waals surface area contributed by atoms with Gasteiger partial charge in [0.15, 0.2) is 0 Å². The fraction of sp³-hybridized carbons (Fsp3) is 0.667. The van der Waals surface area contributed by atoms with E-state index in [0.29, 0.717) is 11.8 Å². The molecule has 1 aliphatic rings. The summed E-state index contributed by atoms with van der Waals surface area (Å²) in [7, 11) is -0.758. The molecule has 0 aromatic heterocycles. The van der Waals surface area contributed by atoms with E-state index in [0.717, 1.165) is 25.1 Å². The molecule has 5 atom stereocenters. The van der Waals surface area contributed by atoms with E-state index in [-0.39, 0.29) is 11.3 Å². The molecule has 1 aliphatic carbocycles. The molecule has 0 radical (unpaired) electrons. The number of benzene rings is 1. The SMILES string of the molecule is CCNC1c2ccccc2C(C)CC1S(=O)CC(C)CC. The predicted molar refractivity (Wildman–Crippen MR) is 92.1 cm³/mol. The Hall–Kier alpha value is -0.670. The molecule has 0 aliphatic heterocycles. The zero-order chi connectivity index (χ0) is 15.4. The number of hydrogen-bond donors (Lipinski definition) is 1. The summed E-state index contributed by atoms with van der Waals surface area (Å²) in [6.45, 7) is 9.72. The van der Waals surface area contributed by atoms with Gasteiger partial charge in [0.2, 0.25) is 0 Å². The summed E-state index contributed by atoms with van der Waals surface area (Å²) in [5.74, 6) is 1.88. The summed E-state index contributed by atoms with van der Waals surface area (Å²) in [5.41, 5.74) is 2.79. The van der Waals surface area contributed by atoms with E-state index in [9.17, 15) is 4.21 Å². The van der Waals surface area contributed by atoms with Gasteiger partial charge in [-0.1, -0.05) is 58.4 Å². The van der Waals surface area contributed by atoms with Crippen molar-refractivity contribution in [2.24, 2.45) is 5.92 Å². The molecular formula is C18H29NOS. The van der Waals surface area contributed by atoms with Crippen LogP contribution in [-0.4, -0.2) is 21.8 Å². The highest BCUT2D eigenvalue weighted by atomic mass is 32.2. The lowest BCUT2D eigenvalue weighted by Gasteiger charge is -2.37. The van der Waals surface area contributed by atoms with Crippen LogP contribution in [0.5, 0.6) is 0 Å². The van der Waals surface area contributed by atoms with Crippen molar-refractivity contribution >= 4 is 10.8 Å². The quantitative estimate of drug-likeness (QED) is 0.860. The molecule has 0 bridgehead atoms. The van der Waals surface area contributed by atoms with Crippen LogP contribution >= 0.6 is 0 Å². The van der Waals surface area contributed by atoms with Crippen LogP contribution in [0.1, 0.15) is 63.6 Å². The topological polar surface area (TPSA) is 29.1 Å². The van der Waals surface area contributed by atoms with Gasteiger partial charge in [0.25, 0.3) is 0 Å². The first-order valence-corrected chi connectivity index (χ1v) is 9.66. The Morgan fingerprint density at radius 1 is 1.29 bits per heavy atom. The summed E-state index contributed by atoms with van der Waals surface area (Å²) >= 11 is 0. The monoisotopic (exact) mass is 307 g/mol. The van der Waals surface area contributed by atoms with Gasteiger partial charge >= 0.3 is 0 Å². The Kier molecular flexibility index (Phi) is 6.00. The van der Waals surface area contributed by atoms with E-state index in [1.165, 1.54) is 11.1 Å². The summed E-state index contributed by atoms with van der Waals surface area (Å²) in [5, 5.41) is 3.83. The summed E-state index contributed by atoms with van der Waals surface area (Å²) in [4.78, 5) is 0. The largest absolute Gasteiger partial charge is 0.309 e. The fourth-order valence-corrected chi connectivity index (χ4v) is 5.39. The number of fused-ring (bicyclic) bond motifs is 1. The Morgan fingerprint density at radius 2 is 1.95 bits per heavy atom. The van der Waals surface area contributed by atoms with Crippen molar-refractivity contribution in [1.29, 1.82) is 0 Å². The number of hydrogen-bond acceptors (Lipinski definition) is 2. The molecule has 1 N–H and O–H groups in total. The molecule has 0 saturated heterocycles. The molecule has 0 spiro atoms. The maximum Gasteiger partial charge on any atom is 0.0548 e. The van der Waals surface area contributed by atoms with Gasteiger partial charge in [-0.05, 0) is 35.9 Å². The van der Waals surface area contributed by atoms with Crippen LogP contribution < -0.4 is 5.32 Å². The first-order chi connectivity index (χ1) is 10.1. The average Bonchev–Trinajstić information content (AvgIpc) is 2.49. The Labute approximate surface area is 132 Å². The average molecular weight is 308 g/mol. The smallest absolute Gasteiger partial charge is 0.0548 e. The molecule has 2 nitrogen and oxygen atoms in total. The first kappa shape index (κ1) is 16.7. The molecule has 118 valence electrons. The predicted octanol–water partition coefficient (Wildman–Crippen LogP) is 4.01. The van der Waals surface area contributed by atoms with Crippen molar-refractivity contribution in [3.8, 4) is 0 Å². The molecular weight excluding hydrogens is 278 g/mol. The third-order valence-electron chi connectivity index (χ3n) is 4.73. The lowest BCUT2D eigenvalue weighted by molar-refractivity contribution is 0.443. The second-order valence-corrected chi connectivity index (χ2v) is 8.10. The highest BCUT2D eigenvalue weighted by Crippen LogP contribution is 2.39. The van der Waals surface area contributed by atoms with Gasteiger partial charge in [-0.15, -0.1) is 0 Å². The van der Waals surface area contributed by atoms with E-state index < -0.39 is 10.8 Å². The summed E-state index contributed by atoms with van der Waals surface area (Å²) < 4.78 is 12.9. The third kappa shape index (κ3) is 3.75. The van der Waals surface area contributed by atoms with Gasteiger partial charge < -0.3 is 5.32 Å². The second-order valence-electron chi connectivity index (χ2n) is 6.40. The van der Waals surface area contributed by atoms with Gasteiger partial charge in [-0.3, -0.25) is 4.21 Å². The van der Waals surface area contributed by atoms with E-state index >= 15 is 0 Å². The third-order valence-corrected chi connectivity index (χ3v) is 6.76. The van der Waals surface area contributed by atoms with Crippen molar-refractivity contribution in [1.82, 2.24) is 5.32 Å². The van der Waals surface area contributed by atoms with Gasteiger partial charge in [0.1, 0.15) is 0 Å². The number of rotatable bonds is 6. The van der Waals surface area contributed by atoms with Crippen LogP contribution in [0.2, 0.25) is 0 Å². The lowest BCUT2D eigenvalue weighted by atomic mass is 9.80. The second kappa shape index (κ2) is 7.55. The minimum Gasteiger partial charge on any atom is -0.309 e. The fourth-order valence-electron chi connectivity index (χ4n) is 3.30.